The van der Waals surface area contributed by atoms with E-state index in [9.17, 15) is 9.18 Å². The van der Waals surface area contributed by atoms with Crippen molar-refractivity contribution in [3.05, 3.63) is 55.9 Å². The summed E-state index contributed by atoms with van der Waals surface area (Å²) in [5.74, 6) is -0.713. The van der Waals surface area contributed by atoms with Gasteiger partial charge in [-0.1, -0.05) is 13.0 Å². The Morgan fingerprint density at radius 2 is 2.05 bits per heavy atom. The molecule has 5 heteroatoms. The summed E-state index contributed by atoms with van der Waals surface area (Å²) in [6.45, 7) is 2.56. The molecule has 1 amide bonds. The highest BCUT2D eigenvalue weighted by molar-refractivity contribution is 9.10. The average molecular weight is 342 g/mol. The van der Waals surface area contributed by atoms with E-state index in [1.54, 1.807) is 17.4 Å². The van der Waals surface area contributed by atoms with Gasteiger partial charge in [0.2, 0.25) is 0 Å². The van der Waals surface area contributed by atoms with Gasteiger partial charge in [-0.3, -0.25) is 4.79 Å². The van der Waals surface area contributed by atoms with Crippen LogP contribution >= 0.6 is 27.3 Å². The van der Waals surface area contributed by atoms with E-state index in [0.717, 1.165) is 11.3 Å². The number of nitrogens with one attached hydrogen (secondary N) is 1. The Labute approximate surface area is 123 Å². The van der Waals surface area contributed by atoms with Gasteiger partial charge in [0.05, 0.1) is 16.6 Å². The Hall–Kier alpha value is -1.20. The Balaban J connectivity index is 2.03. The van der Waals surface area contributed by atoms with Crippen LogP contribution in [0.15, 0.2) is 34.8 Å². The fraction of sp³-hybridized carbons (Fsp3) is 0.214. The van der Waals surface area contributed by atoms with Gasteiger partial charge in [0.25, 0.3) is 5.91 Å². The van der Waals surface area contributed by atoms with E-state index in [4.69, 9.17) is 0 Å². The second-order valence-corrected chi connectivity index (χ2v) is 6.05. The van der Waals surface area contributed by atoms with Gasteiger partial charge in [0, 0.05) is 9.75 Å². The number of rotatable bonds is 4. The van der Waals surface area contributed by atoms with Gasteiger partial charge in [-0.05, 0) is 46.6 Å². The first-order valence-corrected chi connectivity index (χ1v) is 7.52. The van der Waals surface area contributed by atoms with Crippen molar-refractivity contribution in [1.82, 2.24) is 5.32 Å². The summed E-state index contributed by atoms with van der Waals surface area (Å²) >= 11 is 4.77. The summed E-state index contributed by atoms with van der Waals surface area (Å²) < 4.78 is 13.5. The van der Waals surface area contributed by atoms with Crippen molar-refractivity contribution in [3.63, 3.8) is 0 Å². The Kier molecular flexibility index (Phi) is 4.71. The molecule has 0 saturated heterocycles. The number of halogens is 2. The molecule has 0 unspecified atom stereocenters. The van der Waals surface area contributed by atoms with E-state index in [0.29, 0.717) is 12.1 Å². The summed E-state index contributed by atoms with van der Waals surface area (Å²) in [6.07, 6.45) is 0.994. The SMILES string of the molecule is CCc1ccc(CNC(=O)c2cccc(F)c2Br)s1. The molecule has 0 atom stereocenters. The van der Waals surface area contributed by atoms with Crippen LogP contribution in [0.1, 0.15) is 27.0 Å². The molecule has 0 bridgehead atoms. The van der Waals surface area contributed by atoms with Crippen molar-refractivity contribution in [3.8, 4) is 0 Å². The highest BCUT2D eigenvalue weighted by atomic mass is 79.9. The van der Waals surface area contributed by atoms with E-state index >= 15 is 0 Å². The molecule has 1 aromatic carbocycles. The van der Waals surface area contributed by atoms with Gasteiger partial charge in [-0.25, -0.2) is 4.39 Å². The van der Waals surface area contributed by atoms with E-state index in [2.05, 4.69) is 34.2 Å². The van der Waals surface area contributed by atoms with E-state index < -0.39 is 5.82 Å². The van der Waals surface area contributed by atoms with Crippen LogP contribution in [-0.4, -0.2) is 5.91 Å². The van der Waals surface area contributed by atoms with E-state index in [-0.39, 0.29) is 10.4 Å². The van der Waals surface area contributed by atoms with E-state index in [1.165, 1.54) is 17.0 Å². The van der Waals surface area contributed by atoms with Crippen LogP contribution < -0.4 is 5.32 Å². The number of hydrogen-bond acceptors (Lipinski definition) is 2. The molecule has 0 aliphatic carbocycles. The van der Waals surface area contributed by atoms with Crippen molar-refractivity contribution in [2.24, 2.45) is 0 Å². The van der Waals surface area contributed by atoms with Crippen LogP contribution in [0.5, 0.6) is 0 Å². The lowest BCUT2D eigenvalue weighted by Gasteiger charge is -2.06. The highest BCUT2D eigenvalue weighted by Crippen LogP contribution is 2.21. The second-order valence-electron chi connectivity index (χ2n) is 4.01. The van der Waals surface area contributed by atoms with Gasteiger partial charge in [-0.15, -0.1) is 11.3 Å². The van der Waals surface area contributed by atoms with Crippen LogP contribution in [0.3, 0.4) is 0 Å². The predicted octanol–water partition coefficient (Wildman–Crippen LogP) is 4.14. The minimum absolute atomic E-state index is 0.202. The number of carbonyl (C=O) groups excluding carboxylic acids is 1. The fourth-order valence-corrected chi connectivity index (χ4v) is 2.99. The maximum absolute atomic E-state index is 13.3. The van der Waals surface area contributed by atoms with Gasteiger partial charge in [0.15, 0.2) is 0 Å². The third-order valence-corrected chi connectivity index (χ3v) is 4.72. The van der Waals surface area contributed by atoms with Crippen molar-refractivity contribution in [2.75, 3.05) is 0 Å². The van der Waals surface area contributed by atoms with Gasteiger partial charge in [-0.2, -0.15) is 0 Å². The number of hydrogen-bond donors (Lipinski definition) is 1. The normalized spacial score (nSPS) is 10.5. The molecular formula is C14H13BrFNOS. The first-order chi connectivity index (χ1) is 9.11. The van der Waals surface area contributed by atoms with Crippen molar-refractivity contribution in [2.45, 2.75) is 19.9 Å². The Morgan fingerprint density at radius 1 is 1.32 bits per heavy atom. The number of carbonyl (C=O) groups is 1. The smallest absolute Gasteiger partial charge is 0.252 e. The molecule has 0 radical (unpaired) electrons. The number of aryl methyl sites for hydroxylation is 1. The van der Waals surface area contributed by atoms with Crippen LogP contribution in [0, 0.1) is 5.82 Å². The molecule has 2 aromatic rings. The summed E-state index contributed by atoms with van der Waals surface area (Å²) in [5, 5.41) is 2.80. The van der Waals surface area contributed by atoms with Crippen molar-refractivity contribution < 1.29 is 9.18 Å². The summed E-state index contributed by atoms with van der Waals surface area (Å²) in [5.41, 5.74) is 0.312. The topological polar surface area (TPSA) is 29.1 Å². The summed E-state index contributed by atoms with van der Waals surface area (Å²) in [6, 6.07) is 8.49. The second kappa shape index (κ2) is 6.30. The largest absolute Gasteiger partial charge is 0.347 e. The molecule has 0 fully saturated rings. The molecule has 0 aliphatic rings. The van der Waals surface area contributed by atoms with Crippen molar-refractivity contribution in [1.29, 1.82) is 0 Å². The molecule has 0 saturated carbocycles. The summed E-state index contributed by atoms with van der Waals surface area (Å²) in [4.78, 5) is 14.3. The predicted molar refractivity (Wildman–Crippen MR) is 79.0 cm³/mol. The highest BCUT2D eigenvalue weighted by Gasteiger charge is 2.12. The van der Waals surface area contributed by atoms with Gasteiger partial charge < -0.3 is 5.32 Å². The molecule has 1 heterocycles. The van der Waals surface area contributed by atoms with Gasteiger partial charge in [0.1, 0.15) is 5.82 Å². The standard InChI is InChI=1S/C14H13BrFNOS/c1-2-9-6-7-10(19-9)8-17-14(18)11-4-3-5-12(16)13(11)15/h3-7H,2,8H2,1H3,(H,17,18). The first kappa shape index (κ1) is 14.2. The molecule has 1 aromatic heterocycles. The molecule has 100 valence electrons. The summed E-state index contributed by atoms with van der Waals surface area (Å²) in [7, 11) is 0. The first-order valence-electron chi connectivity index (χ1n) is 5.91. The lowest BCUT2D eigenvalue weighted by Crippen LogP contribution is -2.22. The molecule has 2 nitrogen and oxygen atoms in total. The monoisotopic (exact) mass is 341 g/mol. The van der Waals surface area contributed by atoms with Gasteiger partial charge >= 0.3 is 0 Å². The third kappa shape index (κ3) is 3.42. The fourth-order valence-electron chi connectivity index (χ4n) is 1.65. The number of amides is 1. The van der Waals surface area contributed by atoms with E-state index in [1.807, 2.05) is 6.07 Å². The Morgan fingerprint density at radius 3 is 2.74 bits per heavy atom. The lowest BCUT2D eigenvalue weighted by molar-refractivity contribution is 0.0950. The number of benzene rings is 1. The maximum Gasteiger partial charge on any atom is 0.252 e. The zero-order valence-electron chi connectivity index (χ0n) is 10.4. The van der Waals surface area contributed by atoms with Crippen LogP contribution in [0.25, 0.3) is 0 Å². The molecule has 2 rings (SSSR count). The third-order valence-electron chi connectivity index (χ3n) is 2.69. The molecule has 19 heavy (non-hydrogen) atoms. The molecular weight excluding hydrogens is 329 g/mol. The molecule has 0 spiro atoms. The Bertz CT molecular complexity index is 597. The molecule has 0 aliphatic heterocycles. The number of thiophene rings is 1. The van der Waals surface area contributed by atoms with Crippen molar-refractivity contribution >= 4 is 33.2 Å². The minimum Gasteiger partial charge on any atom is -0.347 e. The maximum atomic E-state index is 13.3. The van der Waals surface area contributed by atoms with Crippen LogP contribution in [0.2, 0.25) is 0 Å². The van der Waals surface area contributed by atoms with Crippen LogP contribution in [0.4, 0.5) is 4.39 Å². The zero-order chi connectivity index (χ0) is 13.8. The minimum atomic E-state index is -0.433. The van der Waals surface area contributed by atoms with Crippen LogP contribution in [-0.2, 0) is 13.0 Å². The average Bonchev–Trinajstić information content (AvgIpc) is 2.87. The molecule has 1 N–H and O–H groups in total. The lowest BCUT2D eigenvalue weighted by atomic mass is 10.2. The zero-order valence-corrected chi connectivity index (χ0v) is 12.8. The quantitative estimate of drug-likeness (QED) is 0.889.